The molecule has 1 aromatic heterocycles. The number of anilines is 1. The van der Waals surface area contributed by atoms with E-state index in [1.54, 1.807) is 24.3 Å². The molecule has 4 N–H and O–H groups in total. The first-order valence-corrected chi connectivity index (χ1v) is 8.80. The van der Waals surface area contributed by atoms with Crippen LogP contribution in [-0.4, -0.2) is 40.3 Å². The average Bonchev–Trinajstić information content (AvgIpc) is 2.67. The SMILES string of the molecule is [C-]#[N+]c1ccc(-c2nc(N3CCC(N)CC3)[nH]c(=O)c2C#CC(C)O)cc1. The van der Waals surface area contributed by atoms with Crippen LogP contribution in [0.1, 0.15) is 25.3 Å². The number of aliphatic hydroxyl groups is 1. The van der Waals surface area contributed by atoms with Gasteiger partial charge in [0.15, 0.2) is 5.69 Å². The largest absolute Gasteiger partial charge is 0.381 e. The summed E-state index contributed by atoms with van der Waals surface area (Å²) in [5.74, 6) is 5.83. The third-order valence-corrected chi connectivity index (χ3v) is 4.42. The summed E-state index contributed by atoms with van der Waals surface area (Å²) in [7, 11) is 0. The molecule has 3 rings (SSSR count). The van der Waals surface area contributed by atoms with Crippen molar-refractivity contribution in [1.82, 2.24) is 9.97 Å². The van der Waals surface area contributed by atoms with Crippen LogP contribution in [0.4, 0.5) is 11.6 Å². The van der Waals surface area contributed by atoms with E-state index < -0.39 is 6.10 Å². The molecule has 1 aliphatic heterocycles. The maximum atomic E-state index is 12.7. The molecule has 27 heavy (non-hydrogen) atoms. The van der Waals surface area contributed by atoms with Crippen molar-refractivity contribution in [2.75, 3.05) is 18.0 Å². The Morgan fingerprint density at radius 3 is 2.63 bits per heavy atom. The van der Waals surface area contributed by atoms with Gasteiger partial charge >= 0.3 is 0 Å². The highest BCUT2D eigenvalue weighted by molar-refractivity contribution is 5.70. The summed E-state index contributed by atoms with van der Waals surface area (Å²) < 4.78 is 0. The first-order valence-electron chi connectivity index (χ1n) is 8.80. The van der Waals surface area contributed by atoms with Crippen LogP contribution in [0.5, 0.6) is 0 Å². The lowest BCUT2D eigenvalue weighted by Crippen LogP contribution is -2.41. The first kappa shape index (κ1) is 18.7. The molecule has 0 spiro atoms. The van der Waals surface area contributed by atoms with Crippen molar-refractivity contribution in [3.63, 3.8) is 0 Å². The quantitative estimate of drug-likeness (QED) is 0.556. The summed E-state index contributed by atoms with van der Waals surface area (Å²) in [6.07, 6.45) is 0.815. The van der Waals surface area contributed by atoms with Gasteiger partial charge in [0.25, 0.3) is 5.56 Å². The van der Waals surface area contributed by atoms with Crippen LogP contribution in [0.3, 0.4) is 0 Å². The van der Waals surface area contributed by atoms with Gasteiger partial charge in [-0.25, -0.2) is 9.83 Å². The van der Waals surface area contributed by atoms with E-state index in [1.807, 2.05) is 4.90 Å². The number of benzene rings is 1. The van der Waals surface area contributed by atoms with Crippen molar-refractivity contribution in [3.8, 4) is 23.1 Å². The van der Waals surface area contributed by atoms with Crippen molar-refractivity contribution in [1.29, 1.82) is 0 Å². The van der Waals surface area contributed by atoms with Crippen LogP contribution in [0, 0.1) is 18.4 Å². The second kappa shape index (κ2) is 8.05. The van der Waals surface area contributed by atoms with Crippen LogP contribution in [0.15, 0.2) is 29.1 Å². The summed E-state index contributed by atoms with van der Waals surface area (Å²) in [6.45, 7) is 10.1. The smallest absolute Gasteiger partial charge is 0.268 e. The molecule has 1 aromatic carbocycles. The van der Waals surface area contributed by atoms with E-state index in [1.165, 1.54) is 6.92 Å². The van der Waals surface area contributed by atoms with Crippen LogP contribution in [0.25, 0.3) is 16.1 Å². The number of nitrogens with zero attached hydrogens (tertiary/aromatic N) is 3. The Morgan fingerprint density at radius 2 is 2.04 bits per heavy atom. The lowest BCUT2D eigenvalue weighted by Gasteiger charge is -2.30. The number of piperidine rings is 1. The fourth-order valence-corrected chi connectivity index (χ4v) is 2.92. The van der Waals surface area contributed by atoms with E-state index in [4.69, 9.17) is 12.3 Å². The predicted octanol–water partition coefficient (Wildman–Crippen LogP) is 1.65. The molecule has 0 aliphatic carbocycles. The lowest BCUT2D eigenvalue weighted by atomic mass is 10.1. The predicted molar refractivity (Wildman–Crippen MR) is 105 cm³/mol. The summed E-state index contributed by atoms with van der Waals surface area (Å²) in [6, 6.07) is 7.02. The Bertz CT molecular complexity index is 969. The standard InChI is InChI=1S/C20H21N5O2/c1-13(26)3-8-17-18(14-4-6-16(22-2)7-5-14)23-20(24-19(17)27)25-11-9-15(21)10-12-25/h4-7,13,15,26H,9-12,21H2,1H3,(H,23,24,27). The van der Waals surface area contributed by atoms with Crippen LogP contribution in [0.2, 0.25) is 0 Å². The molecular weight excluding hydrogens is 342 g/mol. The zero-order valence-corrected chi connectivity index (χ0v) is 15.1. The molecule has 0 radical (unpaired) electrons. The fraction of sp³-hybridized carbons (Fsp3) is 0.350. The molecule has 1 saturated heterocycles. The number of nitrogens with two attached hydrogens (primary N) is 1. The molecule has 0 saturated carbocycles. The minimum atomic E-state index is -0.856. The molecule has 1 aliphatic rings. The topological polar surface area (TPSA) is 99.6 Å². The molecule has 1 atom stereocenters. The van der Waals surface area contributed by atoms with Crippen molar-refractivity contribution in [2.45, 2.75) is 31.9 Å². The van der Waals surface area contributed by atoms with Crippen LogP contribution >= 0.6 is 0 Å². The molecule has 1 fully saturated rings. The Kier molecular flexibility index (Phi) is 5.56. The van der Waals surface area contributed by atoms with Gasteiger partial charge in [-0.3, -0.25) is 9.78 Å². The molecule has 0 bridgehead atoms. The van der Waals surface area contributed by atoms with Crippen molar-refractivity contribution >= 4 is 11.6 Å². The number of aromatic nitrogens is 2. The second-order valence-corrected chi connectivity index (χ2v) is 6.54. The molecule has 2 aromatic rings. The van der Waals surface area contributed by atoms with Gasteiger partial charge in [0, 0.05) is 19.1 Å². The van der Waals surface area contributed by atoms with Crippen molar-refractivity contribution in [2.24, 2.45) is 5.73 Å². The summed E-state index contributed by atoms with van der Waals surface area (Å²) in [5, 5.41) is 9.46. The third-order valence-electron chi connectivity index (χ3n) is 4.42. The summed E-state index contributed by atoms with van der Waals surface area (Å²) in [5.41, 5.74) is 7.44. The maximum Gasteiger partial charge on any atom is 0.268 e. The Labute approximate surface area is 157 Å². The number of H-pyrrole nitrogens is 1. The van der Waals surface area contributed by atoms with Crippen LogP contribution < -0.4 is 16.2 Å². The molecule has 7 heteroatoms. The number of aliphatic hydroxyl groups excluding tert-OH is 1. The van der Waals surface area contributed by atoms with E-state index >= 15 is 0 Å². The summed E-state index contributed by atoms with van der Waals surface area (Å²) >= 11 is 0. The Morgan fingerprint density at radius 1 is 1.37 bits per heavy atom. The number of rotatable bonds is 2. The highest BCUT2D eigenvalue weighted by atomic mass is 16.3. The highest BCUT2D eigenvalue weighted by Gasteiger charge is 2.20. The van der Waals surface area contributed by atoms with Crippen molar-refractivity contribution < 1.29 is 5.11 Å². The maximum absolute atomic E-state index is 12.7. The molecule has 7 nitrogen and oxygen atoms in total. The molecular formula is C20H21N5O2. The van der Waals surface area contributed by atoms with E-state index in [0.717, 1.165) is 25.9 Å². The van der Waals surface area contributed by atoms with Gasteiger partial charge in [0.05, 0.1) is 12.3 Å². The zero-order chi connectivity index (χ0) is 19.4. The number of hydrogen-bond acceptors (Lipinski definition) is 5. The minimum absolute atomic E-state index is 0.171. The Balaban J connectivity index is 2.10. The number of nitrogens with one attached hydrogen (secondary N) is 1. The monoisotopic (exact) mass is 363 g/mol. The highest BCUT2D eigenvalue weighted by Crippen LogP contribution is 2.25. The molecule has 0 amide bonds. The van der Waals surface area contributed by atoms with Gasteiger partial charge in [-0.2, -0.15) is 0 Å². The normalized spacial score (nSPS) is 15.6. The minimum Gasteiger partial charge on any atom is -0.381 e. The van der Waals surface area contributed by atoms with E-state index in [2.05, 4.69) is 26.7 Å². The third kappa shape index (κ3) is 4.35. The molecule has 1 unspecified atom stereocenters. The van der Waals surface area contributed by atoms with Gasteiger partial charge in [-0.15, -0.1) is 0 Å². The van der Waals surface area contributed by atoms with Gasteiger partial charge in [-0.05, 0) is 25.3 Å². The van der Waals surface area contributed by atoms with E-state index in [9.17, 15) is 9.90 Å². The van der Waals surface area contributed by atoms with E-state index in [0.29, 0.717) is 22.9 Å². The lowest BCUT2D eigenvalue weighted by molar-refractivity contribution is 0.253. The fourth-order valence-electron chi connectivity index (χ4n) is 2.92. The summed E-state index contributed by atoms with van der Waals surface area (Å²) in [4.78, 5) is 25.5. The second-order valence-electron chi connectivity index (χ2n) is 6.54. The zero-order valence-electron chi connectivity index (χ0n) is 15.1. The van der Waals surface area contributed by atoms with Gasteiger partial charge < -0.3 is 15.7 Å². The van der Waals surface area contributed by atoms with E-state index in [-0.39, 0.29) is 17.2 Å². The first-order chi connectivity index (χ1) is 13.0. The molecule has 2 heterocycles. The number of aromatic amines is 1. The number of hydrogen-bond donors (Lipinski definition) is 3. The van der Waals surface area contributed by atoms with Crippen molar-refractivity contribution in [3.05, 3.63) is 51.6 Å². The van der Waals surface area contributed by atoms with Crippen LogP contribution in [-0.2, 0) is 0 Å². The molecule has 138 valence electrons. The van der Waals surface area contributed by atoms with Gasteiger partial charge in [0.2, 0.25) is 5.95 Å². The Hall–Kier alpha value is -3.13. The van der Waals surface area contributed by atoms with Gasteiger partial charge in [0.1, 0.15) is 11.7 Å². The average molecular weight is 363 g/mol. The van der Waals surface area contributed by atoms with Gasteiger partial charge in [-0.1, -0.05) is 36.1 Å².